The second-order valence-electron chi connectivity index (χ2n) is 6.25. The van der Waals surface area contributed by atoms with E-state index in [1.165, 1.54) is 0 Å². The lowest BCUT2D eigenvalue weighted by Crippen LogP contribution is -2.69. The third-order valence-electron chi connectivity index (χ3n) is 4.80. The van der Waals surface area contributed by atoms with E-state index in [2.05, 4.69) is 5.32 Å². The lowest BCUT2D eigenvalue weighted by molar-refractivity contribution is -0.155. The lowest BCUT2D eigenvalue weighted by Gasteiger charge is -2.44. The molecule has 1 heterocycles. The van der Waals surface area contributed by atoms with Crippen LogP contribution in [0.4, 0.5) is 0 Å². The summed E-state index contributed by atoms with van der Waals surface area (Å²) in [5.74, 6) is 0.189. The maximum atomic E-state index is 12.9. The number of nitrogens with zero attached hydrogens (tertiary/aromatic N) is 1. The zero-order valence-electron chi connectivity index (χ0n) is 13.3. The summed E-state index contributed by atoms with van der Waals surface area (Å²) < 4.78 is 5.05. The minimum atomic E-state index is -0.588. The fourth-order valence-corrected chi connectivity index (χ4v) is 3.62. The zero-order chi connectivity index (χ0) is 15.3. The van der Waals surface area contributed by atoms with E-state index >= 15 is 0 Å². The van der Waals surface area contributed by atoms with Gasteiger partial charge >= 0.3 is 0 Å². The quantitative estimate of drug-likeness (QED) is 0.729. The van der Waals surface area contributed by atoms with Crippen LogP contribution in [0.5, 0.6) is 0 Å². The molecule has 0 aromatic carbocycles. The molecule has 5 nitrogen and oxygen atoms in total. The number of hydrogen-bond acceptors (Lipinski definition) is 3. The summed E-state index contributed by atoms with van der Waals surface area (Å²) in [6.07, 6.45) is 7.33. The molecule has 1 unspecified atom stereocenters. The molecule has 1 aliphatic carbocycles. The molecule has 21 heavy (non-hydrogen) atoms. The number of carbonyl (C=O) groups excluding carboxylic acids is 2. The molecule has 2 fully saturated rings. The predicted octanol–water partition coefficient (Wildman–Crippen LogP) is 1.85. The van der Waals surface area contributed by atoms with E-state index < -0.39 is 5.54 Å². The lowest BCUT2D eigenvalue weighted by atomic mass is 9.90. The molecule has 2 aliphatic rings. The van der Waals surface area contributed by atoms with Crippen LogP contribution in [0.15, 0.2) is 0 Å². The van der Waals surface area contributed by atoms with Gasteiger partial charge < -0.3 is 15.0 Å². The van der Waals surface area contributed by atoms with Crippen molar-refractivity contribution in [3.63, 3.8) is 0 Å². The van der Waals surface area contributed by atoms with Crippen LogP contribution in [0.25, 0.3) is 0 Å². The molecule has 2 amide bonds. The van der Waals surface area contributed by atoms with Crippen molar-refractivity contribution in [2.24, 2.45) is 0 Å². The number of carbonyl (C=O) groups is 2. The highest BCUT2D eigenvalue weighted by atomic mass is 16.5. The van der Waals surface area contributed by atoms with Crippen LogP contribution < -0.4 is 5.32 Å². The SMILES string of the molecule is CCC1C(=O)NC2(CCCC2)C(=O)N1CCCCCOC. The van der Waals surface area contributed by atoms with Crippen molar-refractivity contribution in [3.8, 4) is 0 Å². The first kappa shape index (κ1) is 16.3. The van der Waals surface area contributed by atoms with Crippen LogP contribution >= 0.6 is 0 Å². The molecule has 0 aromatic rings. The fourth-order valence-electron chi connectivity index (χ4n) is 3.62. The Kier molecular flexibility index (Phi) is 5.62. The van der Waals surface area contributed by atoms with Crippen molar-refractivity contribution in [1.82, 2.24) is 10.2 Å². The third kappa shape index (κ3) is 3.39. The number of ether oxygens (including phenoxy) is 1. The molecule has 1 saturated heterocycles. The van der Waals surface area contributed by atoms with Crippen molar-refractivity contribution in [1.29, 1.82) is 0 Å². The van der Waals surface area contributed by atoms with Gasteiger partial charge in [0.2, 0.25) is 11.8 Å². The van der Waals surface area contributed by atoms with Gasteiger partial charge in [0.15, 0.2) is 0 Å². The smallest absolute Gasteiger partial charge is 0.249 e. The summed E-state index contributed by atoms with van der Waals surface area (Å²) in [5, 5.41) is 3.03. The Morgan fingerprint density at radius 1 is 1.24 bits per heavy atom. The second-order valence-corrected chi connectivity index (χ2v) is 6.25. The monoisotopic (exact) mass is 296 g/mol. The standard InChI is InChI=1S/C16H28N2O3/c1-3-13-14(19)17-16(9-5-6-10-16)15(20)18(13)11-7-4-8-12-21-2/h13H,3-12H2,1-2H3,(H,17,19). The fraction of sp³-hybridized carbons (Fsp3) is 0.875. The van der Waals surface area contributed by atoms with Crippen LogP contribution in [0.3, 0.4) is 0 Å². The topological polar surface area (TPSA) is 58.6 Å². The summed E-state index contributed by atoms with van der Waals surface area (Å²) in [6, 6.07) is -0.286. The molecule has 1 spiro atoms. The molecular weight excluding hydrogens is 268 g/mol. The molecule has 2 rings (SSSR count). The van der Waals surface area contributed by atoms with Gasteiger partial charge in [-0.3, -0.25) is 9.59 Å². The number of rotatable bonds is 7. The van der Waals surface area contributed by atoms with Crippen molar-refractivity contribution in [2.75, 3.05) is 20.3 Å². The van der Waals surface area contributed by atoms with E-state index in [1.807, 2.05) is 11.8 Å². The van der Waals surface area contributed by atoms with Crippen molar-refractivity contribution < 1.29 is 14.3 Å². The summed E-state index contributed by atoms with van der Waals surface area (Å²) in [6.45, 7) is 3.42. The minimum Gasteiger partial charge on any atom is -0.385 e. The van der Waals surface area contributed by atoms with Gasteiger partial charge in [-0.25, -0.2) is 0 Å². The maximum Gasteiger partial charge on any atom is 0.249 e. The molecule has 0 aromatic heterocycles. The normalized spacial score (nSPS) is 24.7. The average molecular weight is 296 g/mol. The number of piperazine rings is 1. The number of methoxy groups -OCH3 is 1. The van der Waals surface area contributed by atoms with Crippen molar-refractivity contribution in [2.45, 2.75) is 69.9 Å². The van der Waals surface area contributed by atoms with Crippen LogP contribution in [-0.4, -0.2) is 48.6 Å². The summed E-state index contributed by atoms with van der Waals surface area (Å²) in [4.78, 5) is 27.1. The first-order valence-corrected chi connectivity index (χ1v) is 8.26. The van der Waals surface area contributed by atoms with Gasteiger partial charge in [0.25, 0.3) is 0 Å². The maximum absolute atomic E-state index is 12.9. The number of unbranched alkanes of at least 4 members (excludes halogenated alkanes) is 2. The van der Waals surface area contributed by atoms with E-state index in [9.17, 15) is 9.59 Å². The Labute approximate surface area is 127 Å². The Bertz CT molecular complexity index is 378. The number of amides is 2. The van der Waals surface area contributed by atoms with Crippen molar-refractivity contribution >= 4 is 11.8 Å². The molecule has 0 bridgehead atoms. The Hall–Kier alpha value is -1.10. The molecule has 0 radical (unpaired) electrons. The van der Waals surface area contributed by atoms with Gasteiger partial charge in [-0.2, -0.15) is 0 Å². The Balaban J connectivity index is 1.99. The van der Waals surface area contributed by atoms with Crippen LogP contribution in [0, 0.1) is 0 Å². The number of hydrogen-bond donors (Lipinski definition) is 1. The van der Waals surface area contributed by atoms with E-state index in [0.717, 1.165) is 51.6 Å². The summed E-state index contributed by atoms with van der Waals surface area (Å²) in [7, 11) is 1.70. The zero-order valence-corrected chi connectivity index (χ0v) is 13.3. The highest BCUT2D eigenvalue weighted by Gasteiger charge is 2.51. The van der Waals surface area contributed by atoms with Crippen LogP contribution in [-0.2, 0) is 14.3 Å². The molecule has 1 saturated carbocycles. The Morgan fingerprint density at radius 2 is 1.95 bits per heavy atom. The van der Waals surface area contributed by atoms with Crippen LogP contribution in [0.2, 0.25) is 0 Å². The van der Waals surface area contributed by atoms with Gasteiger partial charge in [0.05, 0.1) is 0 Å². The second kappa shape index (κ2) is 7.25. The van der Waals surface area contributed by atoms with Gasteiger partial charge in [-0.05, 0) is 38.5 Å². The summed E-state index contributed by atoms with van der Waals surface area (Å²) >= 11 is 0. The van der Waals surface area contributed by atoms with Gasteiger partial charge in [0, 0.05) is 20.3 Å². The summed E-state index contributed by atoms with van der Waals surface area (Å²) in [5.41, 5.74) is -0.588. The molecule has 120 valence electrons. The van der Waals surface area contributed by atoms with E-state index in [-0.39, 0.29) is 17.9 Å². The highest BCUT2D eigenvalue weighted by Crippen LogP contribution is 2.35. The minimum absolute atomic E-state index is 0.0379. The Morgan fingerprint density at radius 3 is 2.57 bits per heavy atom. The van der Waals surface area contributed by atoms with Crippen molar-refractivity contribution in [3.05, 3.63) is 0 Å². The van der Waals surface area contributed by atoms with Gasteiger partial charge in [-0.15, -0.1) is 0 Å². The third-order valence-corrected chi connectivity index (χ3v) is 4.80. The van der Waals surface area contributed by atoms with Gasteiger partial charge in [-0.1, -0.05) is 19.8 Å². The molecule has 1 N–H and O–H groups in total. The molecular formula is C16H28N2O3. The predicted molar refractivity (Wildman–Crippen MR) is 80.9 cm³/mol. The van der Waals surface area contributed by atoms with Crippen LogP contribution in [0.1, 0.15) is 58.3 Å². The van der Waals surface area contributed by atoms with E-state index in [1.54, 1.807) is 7.11 Å². The van der Waals surface area contributed by atoms with E-state index in [4.69, 9.17) is 4.74 Å². The first-order chi connectivity index (χ1) is 10.1. The largest absolute Gasteiger partial charge is 0.385 e. The number of nitrogens with one attached hydrogen (secondary N) is 1. The highest BCUT2D eigenvalue weighted by molar-refractivity contribution is 6.00. The molecule has 1 atom stereocenters. The van der Waals surface area contributed by atoms with Gasteiger partial charge in [0.1, 0.15) is 11.6 Å². The molecule has 1 aliphatic heterocycles. The molecule has 5 heteroatoms. The first-order valence-electron chi connectivity index (χ1n) is 8.26. The average Bonchev–Trinajstić information content (AvgIpc) is 2.93. The van der Waals surface area contributed by atoms with E-state index in [0.29, 0.717) is 13.0 Å².